The standard InChI is InChI=1S/C17H21NO/c1-18-9-8-15-14-4-2-3-5-16(14)19-17(15)11-13(18)10-12-6-7-12/h2-5,12-13H,6-11H2,1H3. The predicted molar refractivity (Wildman–Crippen MR) is 77.4 cm³/mol. The molecule has 1 aromatic carbocycles. The van der Waals surface area contributed by atoms with Crippen molar-refractivity contribution >= 4 is 11.0 Å². The van der Waals surface area contributed by atoms with Gasteiger partial charge in [0, 0.05) is 30.0 Å². The van der Waals surface area contributed by atoms with Crippen molar-refractivity contribution in [3.63, 3.8) is 0 Å². The van der Waals surface area contributed by atoms with Gasteiger partial charge in [-0.05, 0) is 31.9 Å². The van der Waals surface area contributed by atoms with Crippen LogP contribution in [0.1, 0.15) is 30.6 Å². The molecule has 0 saturated heterocycles. The van der Waals surface area contributed by atoms with Gasteiger partial charge < -0.3 is 9.32 Å². The Balaban J connectivity index is 1.70. The molecule has 0 spiro atoms. The molecule has 4 rings (SSSR count). The van der Waals surface area contributed by atoms with Crippen LogP contribution in [-0.2, 0) is 12.8 Å². The summed E-state index contributed by atoms with van der Waals surface area (Å²) in [6.45, 7) is 1.16. The van der Waals surface area contributed by atoms with Gasteiger partial charge in [0.25, 0.3) is 0 Å². The van der Waals surface area contributed by atoms with E-state index in [1.165, 1.54) is 36.0 Å². The maximum Gasteiger partial charge on any atom is 0.134 e. The lowest BCUT2D eigenvalue weighted by molar-refractivity contribution is 0.225. The number of nitrogens with zero attached hydrogens (tertiary/aromatic N) is 1. The van der Waals surface area contributed by atoms with Crippen LogP contribution in [0.4, 0.5) is 0 Å². The number of furan rings is 1. The van der Waals surface area contributed by atoms with Gasteiger partial charge in [0.15, 0.2) is 0 Å². The molecule has 1 atom stereocenters. The Labute approximate surface area is 114 Å². The number of benzene rings is 1. The first-order chi connectivity index (χ1) is 9.31. The average molecular weight is 255 g/mol. The van der Waals surface area contributed by atoms with E-state index in [2.05, 4.69) is 36.2 Å². The summed E-state index contributed by atoms with van der Waals surface area (Å²) in [5, 5.41) is 1.33. The zero-order chi connectivity index (χ0) is 12.8. The summed E-state index contributed by atoms with van der Waals surface area (Å²) in [7, 11) is 2.28. The Bertz CT molecular complexity index is 596. The Morgan fingerprint density at radius 1 is 1.26 bits per heavy atom. The minimum absolute atomic E-state index is 0.675. The number of hydrogen-bond acceptors (Lipinski definition) is 2. The van der Waals surface area contributed by atoms with Gasteiger partial charge in [-0.1, -0.05) is 31.0 Å². The zero-order valence-electron chi connectivity index (χ0n) is 11.6. The van der Waals surface area contributed by atoms with E-state index in [0.717, 1.165) is 30.9 Å². The van der Waals surface area contributed by atoms with Gasteiger partial charge >= 0.3 is 0 Å². The van der Waals surface area contributed by atoms with E-state index in [-0.39, 0.29) is 0 Å². The van der Waals surface area contributed by atoms with Crippen molar-refractivity contribution in [3.8, 4) is 0 Å². The van der Waals surface area contributed by atoms with E-state index in [4.69, 9.17) is 4.42 Å². The lowest BCUT2D eigenvalue weighted by Crippen LogP contribution is -2.33. The summed E-state index contributed by atoms with van der Waals surface area (Å²) >= 11 is 0. The fourth-order valence-corrected chi connectivity index (χ4v) is 3.43. The molecule has 1 unspecified atom stereocenters. The lowest BCUT2D eigenvalue weighted by atomic mass is 10.0. The molecule has 0 amide bonds. The third kappa shape index (κ3) is 2.08. The minimum Gasteiger partial charge on any atom is -0.461 e. The van der Waals surface area contributed by atoms with Gasteiger partial charge in [0.05, 0.1) is 0 Å². The first-order valence-corrected chi connectivity index (χ1v) is 7.51. The molecule has 2 heterocycles. The molecule has 1 aromatic heterocycles. The SMILES string of the molecule is CN1CCc2c(oc3ccccc23)CC1CC1CC1. The molecule has 1 aliphatic carbocycles. The number of hydrogen-bond donors (Lipinski definition) is 0. The minimum atomic E-state index is 0.675. The first-order valence-electron chi connectivity index (χ1n) is 7.51. The molecular formula is C17H21NO. The average Bonchev–Trinajstić information content (AvgIpc) is 3.18. The van der Waals surface area contributed by atoms with Crippen molar-refractivity contribution in [2.75, 3.05) is 13.6 Å². The van der Waals surface area contributed by atoms with Crippen LogP contribution in [0.15, 0.2) is 28.7 Å². The van der Waals surface area contributed by atoms with Crippen LogP contribution in [0, 0.1) is 5.92 Å². The molecule has 2 aliphatic rings. The third-order valence-corrected chi connectivity index (χ3v) is 4.84. The lowest BCUT2D eigenvalue weighted by Gasteiger charge is -2.25. The fraction of sp³-hybridized carbons (Fsp3) is 0.529. The van der Waals surface area contributed by atoms with Gasteiger partial charge in [-0.2, -0.15) is 0 Å². The number of fused-ring (bicyclic) bond motifs is 3. The highest BCUT2D eigenvalue weighted by molar-refractivity contribution is 5.82. The van der Waals surface area contributed by atoms with Crippen molar-refractivity contribution in [3.05, 3.63) is 35.6 Å². The van der Waals surface area contributed by atoms with Gasteiger partial charge in [-0.15, -0.1) is 0 Å². The summed E-state index contributed by atoms with van der Waals surface area (Å²) in [6, 6.07) is 9.17. The van der Waals surface area contributed by atoms with Crippen LogP contribution in [-0.4, -0.2) is 24.5 Å². The van der Waals surface area contributed by atoms with Crippen LogP contribution < -0.4 is 0 Å². The van der Waals surface area contributed by atoms with Crippen LogP contribution in [0.5, 0.6) is 0 Å². The van der Waals surface area contributed by atoms with E-state index in [0.29, 0.717) is 6.04 Å². The van der Waals surface area contributed by atoms with Crippen LogP contribution >= 0.6 is 0 Å². The van der Waals surface area contributed by atoms with Crippen LogP contribution in [0.2, 0.25) is 0 Å². The Morgan fingerprint density at radius 2 is 2.11 bits per heavy atom. The van der Waals surface area contributed by atoms with Gasteiger partial charge in [-0.3, -0.25) is 0 Å². The third-order valence-electron chi connectivity index (χ3n) is 4.84. The van der Waals surface area contributed by atoms with Crippen molar-refractivity contribution in [2.45, 2.75) is 38.1 Å². The van der Waals surface area contributed by atoms with Crippen molar-refractivity contribution in [1.82, 2.24) is 4.90 Å². The monoisotopic (exact) mass is 255 g/mol. The highest BCUT2D eigenvalue weighted by Gasteiger charge is 2.31. The molecule has 0 bridgehead atoms. The quantitative estimate of drug-likeness (QED) is 0.814. The summed E-state index contributed by atoms with van der Waals surface area (Å²) in [4.78, 5) is 2.54. The smallest absolute Gasteiger partial charge is 0.134 e. The van der Waals surface area contributed by atoms with Crippen molar-refractivity contribution in [1.29, 1.82) is 0 Å². The Morgan fingerprint density at radius 3 is 2.95 bits per heavy atom. The highest BCUT2D eigenvalue weighted by atomic mass is 16.3. The van der Waals surface area contributed by atoms with Crippen LogP contribution in [0.25, 0.3) is 11.0 Å². The molecule has 1 fully saturated rings. The summed E-state index contributed by atoms with van der Waals surface area (Å²) in [6.07, 6.45) is 6.46. The molecule has 19 heavy (non-hydrogen) atoms. The highest BCUT2D eigenvalue weighted by Crippen LogP contribution is 2.37. The molecule has 0 N–H and O–H groups in total. The van der Waals surface area contributed by atoms with E-state index < -0.39 is 0 Å². The maximum absolute atomic E-state index is 6.12. The largest absolute Gasteiger partial charge is 0.461 e. The van der Waals surface area contributed by atoms with E-state index in [9.17, 15) is 0 Å². The molecule has 1 saturated carbocycles. The molecule has 100 valence electrons. The molecule has 1 aliphatic heterocycles. The molecule has 0 radical (unpaired) electrons. The van der Waals surface area contributed by atoms with E-state index in [1.807, 2.05) is 0 Å². The maximum atomic E-state index is 6.12. The summed E-state index contributed by atoms with van der Waals surface area (Å²) < 4.78 is 6.12. The topological polar surface area (TPSA) is 16.4 Å². The second kappa shape index (κ2) is 4.38. The molecule has 2 heteroatoms. The van der Waals surface area contributed by atoms with Gasteiger partial charge in [0.1, 0.15) is 11.3 Å². The second-order valence-electron chi connectivity index (χ2n) is 6.27. The number of para-hydroxylation sites is 1. The predicted octanol–water partition coefficient (Wildman–Crippen LogP) is 3.63. The second-order valence-corrected chi connectivity index (χ2v) is 6.27. The summed E-state index contributed by atoms with van der Waals surface area (Å²) in [5.74, 6) is 2.23. The van der Waals surface area contributed by atoms with Gasteiger partial charge in [0.2, 0.25) is 0 Å². The van der Waals surface area contributed by atoms with Crippen LogP contribution in [0.3, 0.4) is 0 Å². The normalized spacial score (nSPS) is 24.4. The zero-order valence-corrected chi connectivity index (χ0v) is 11.6. The molecular weight excluding hydrogens is 234 g/mol. The number of rotatable bonds is 2. The van der Waals surface area contributed by atoms with E-state index >= 15 is 0 Å². The Kier molecular flexibility index (Phi) is 2.66. The molecule has 2 aromatic rings. The van der Waals surface area contributed by atoms with Gasteiger partial charge in [-0.25, -0.2) is 0 Å². The van der Waals surface area contributed by atoms with Crippen molar-refractivity contribution < 1.29 is 4.42 Å². The Hall–Kier alpha value is -1.28. The van der Waals surface area contributed by atoms with Crippen molar-refractivity contribution in [2.24, 2.45) is 5.92 Å². The van der Waals surface area contributed by atoms with E-state index in [1.54, 1.807) is 0 Å². The first kappa shape index (κ1) is 11.5. The number of likely N-dealkylation sites (N-methyl/N-ethyl adjacent to an activating group) is 1. The molecule has 2 nitrogen and oxygen atoms in total. The fourth-order valence-electron chi connectivity index (χ4n) is 3.43. The summed E-state index contributed by atoms with van der Waals surface area (Å²) in [5.41, 5.74) is 2.53.